The lowest BCUT2D eigenvalue weighted by atomic mass is 9.79. The Balaban J connectivity index is 1.30. The van der Waals surface area contributed by atoms with Gasteiger partial charge >= 0.3 is 0 Å². The number of nitrogens with one attached hydrogen (secondary N) is 2. The molecule has 4 heterocycles. The summed E-state index contributed by atoms with van der Waals surface area (Å²) in [5.74, 6) is -0.912. The number of amides is 1. The number of nitrogens with zero attached hydrogens (tertiary/aromatic N) is 3. The van der Waals surface area contributed by atoms with Crippen molar-refractivity contribution in [2.24, 2.45) is 5.41 Å². The smallest absolute Gasteiger partial charge is 0.270 e. The van der Waals surface area contributed by atoms with Crippen molar-refractivity contribution in [2.45, 2.75) is 52.7 Å². The monoisotopic (exact) mass is 475 g/mol. The van der Waals surface area contributed by atoms with E-state index in [0.29, 0.717) is 22.7 Å². The minimum atomic E-state index is -0.526. The normalized spacial score (nSPS) is 18.2. The predicted molar refractivity (Wildman–Crippen MR) is 134 cm³/mol. The van der Waals surface area contributed by atoms with Crippen molar-refractivity contribution in [3.05, 3.63) is 81.8 Å². The Hall–Kier alpha value is -3.52. The number of carbonyl (C=O) groups excluding carboxylic acids is 1. The van der Waals surface area contributed by atoms with E-state index in [1.54, 1.807) is 30.5 Å². The number of pyridine rings is 1. The second kappa shape index (κ2) is 8.92. The van der Waals surface area contributed by atoms with Crippen molar-refractivity contribution in [3.8, 4) is 0 Å². The number of piperidine rings is 1. The van der Waals surface area contributed by atoms with Crippen LogP contribution in [-0.2, 0) is 13.1 Å². The molecule has 0 spiro atoms. The minimum absolute atomic E-state index is 0.00340. The first-order chi connectivity index (χ1) is 16.7. The van der Waals surface area contributed by atoms with Gasteiger partial charge in [0, 0.05) is 53.6 Å². The SMILES string of the molecule is C[C@H]1CC(C)(C)CCN1Cc1cc2cc(F)c(CNC(=O)c3cc(=O)n4ccccc4n3)cc2[nH]1. The number of aromatic amines is 1. The van der Waals surface area contributed by atoms with E-state index in [9.17, 15) is 14.0 Å². The Morgan fingerprint density at radius 2 is 2.09 bits per heavy atom. The topological polar surface area (TPSA) is 82.5 Å². The van der Waals surface area contributed by atoms with E-state index >= 15 is 0 Å². The lowest BCUT2D eigenvalue weighted by Gasteiger charge is -2.41. The molecule has 7 nitrogen and oxygen atoms in total. The summed E-state index contributed by atoms with van der Waals surface area (Å²) in [4.78, 5) is 35.0. The molecule has 4 aromatic rings. The molecule has 1 atom stereocenters. The van der Waals surface area contributed by atoms with Crippen molar-refractivity contribution in [2.75, 3.05) is 6.54 Å². The number of halogens is 1. The number of H-pyrrole nitrogens is 1. The quantitative estimate of drug-likeness (QED) is 0.452. The number of benzene rings is 1. The Bertz CT molecular complexity index is 1470. The molecule has 2 N–H and O–H groups in total. The Morgan fingerprint density at radius 1 is 1.26 bits per heavy atom. The van der Waals surface area contributed by atoms with Gasteiger partial charge in [0.2, 0.25) is 0 Å². The zero-order chi connectivity index (χ0) is 24.7. The van der Waals surface area contributed by atoms with Gasteiger partial charge in [0.05, 0.1) is 0 Å². The van der Waals surface area contributed by atoms with Crippen LogP contribution in [0.4, 0.5) is 4.39 Å². The van der Waals surface area contributed by atoms with E-state index in [1.807, 2.05) is 6.07 Å². The van der Waals surface area contributed by atoms with E-state index in [0.717, 1.165) is 42.5 Å². The molecule has 5 rings (SSSR count). The lowest BCUT2D eigenvalue weighted by molar-refractivity contribution is 0.0733. The molecule has 8 heteroatoms. The number of likely N-dealkylation sites (tertiary alicyclic amines) is 1. The average molecular weight is 476 g/mol. The molecule has 0 unspecified atom stereocenters. The summed E-state index contributed by atoms with van der Waals surface area (Å²) in [7, 11) is 0. The summed E-state index contributed by atoms with van der Waals surface area (Å²) >= 11 is 0. The molecule has 0 radical (unpaired) electrons. The van der Waals surface area contributed by atoms with Gasteiger partial charge in [0.15, 0.2) is 0 Å². The van der Waals surface area contributed by atoms with E-state index in [-0.39, 0.29) is 23.6 Å². The number of hydrogen-bond acceptors (Lipinski definition) is 4. The van der Waals surface area contributed by atoms with Crippen LogP contribution in [0.5, 0.6) is 0 Å². The fourth-order valence-electron chi connectivity index (χ4n) is 5.07. The van der Waals surface area contributed by atoms with Crippen LogP contribution in [0.3, 0.4) is 0 Å². The molecule has 1 aliphatic heterocycles. The van der Waals surface area contributed by atoms with Gasteiger partial charge in [0.25, 0.3) is 11.5 Å². The molecule has 0 bridgehead atoms. The second-order valence-corrected chi connectivity index (χ2v) is 10.4. The van der Waals surface area contributed by atoms with Crippen molar-refractivity contribution < 1.29 is 9.18 Å². The van der Waals surface area contributed by atoms with E-state index in [1.165, 1.54) is 16.5 Å². The standard InChI is InChI=1S/C27H30FN5O2/c1-17-14-27(2,3)7-9-32(17)16-20-10-18-11-21(28)19(12-22(18)30-20)15-29-26(35)23-13-25(34)33-8-5-4-6-24(33)31-23/h4-6,8,10-13,17,30H,7,9,14-16H2,1-3H3,(H,29,35)/t17-/m0/s1. The van der Waals surface area contributed by atoms with Crippen LogP contribution in [0.15, 0.2) is 53.5 Å². The van der Waals surface area contributed by atoms with Gasteiger partial charge in [0.1, 0.15) is 17.2 Å². The average Bonchev–Trinajstić information content (AvgIpc) is 3.19. The molecule has 3 aromatic heterocycles. The van der Waals surface area contributed by atoms with Crippen LogP contribution in [0.25, 0.3) is 16.6 Å². The maximum absolute atomic E-state index is 14.8. The van der Waals surface area contributed by atoms with Gasteiger partial charge < -0.3 is 10.3 Å². The van der Waals surface area contributed by atoms with Crippen LogP contribution >= 0.6 is 0 Å². The third-order valence-corrected chi connectivity index (χ3v) is 7.01. The molecular formula is C27H30FN5O2. The number of rotatable bonds is 5. The van der Waals surface area contributed by atoms with Gasteiger partial charge in [-0.15, -0.1) is 0 Å². The summed E-state index contributed by atoms with van der Waals surface area (Å²) in [6.45, 7) is 8.74. The zero-order valence-electron chi connectivity index (χ0n) is 20.3. The fourth-order valence-corrected chi connectivity index (χ4v) is 5.07. The van der Waals surface area contributed by atoms with E-state index < -0.39 is 5.91 Å². The van der Waals surface area contributed by atoms with E-state index in [4.69, 9.17) is 0 Å². The molecule has 0 aliphatic carbocycles. The Kier molecular flexibility index (Phi) is 5.92. The maximum Gasteiger partial charge on any atom is 0.270 e. The van der Waals surface area contributed by atoms with Crippen molar-refractivity contribution in [1.29, 1.82) is 0 Å². The maximum atomic E-state index is 14.8. The minimum Gasteiger partial charge on any atom is -0.357 e. The molecule has 1 aromatic carbocycles. The molecular weight excluding hydrogens is 445 g/mol. The number of hydrogen-bond donors (Lipinski definition) is 2. The summed E-state index contributed by atoms with van der Waals surface area (Å²) in [6.07, 6.45) is 3.91. The summed E-state index contributed by atoms with van der Waals surface area (Å²) in [5, 5.41) is 3.49. The highest BCUT2D eigenvalue weighted by atomic mass is 19.1. The van der Waals surface area contributed by atoms with Crippen molar-refractivity contribution in [1.82, 2.24) is 24.6 Å². The molecule has 1 aliphatic rings. The highest BCUT2D eigenvalue weighted by Gasteiger charge is 2.30. The molecule has 35 heavy (non-hydrogen) atoms. The van der Waals surface area contributed by atoms with Crippen molar-refractivity contribution >= 4 is 22.5 Å². The highest BCUT2D eigenvalue weighted by molar-refractivity contribution is 5.92. The Labute approximate surface area is 203 Å². The van der Waals surface area contributed by atoms with E-state index in [2.05, 4.69) is 41.0 Å². The highest BCUT2D eigenvalue weighted by Crippen LogP contribution is 2.34. The molecule has 182 valence electrons. The van der Waals surface area contributed by atoms with Crippen LogP contribution in [0.2, 0.25) is 0 Å². The molecule has 1 fully saturated rings. The van der Waals surface area contributed by atoms with Crippen molar-refractivity contribution in [3.63, 3.8) is 0 Å². The third-order valence-electron chi connectivity index (χ3n) is 7.01. The largest absolute Gasteiger partial charge is 0.357 e. The predicted octanol–water partition coefficient (Wildman–Crippen LogP) is 4.26. The second-order valence-electron chi connectivity index (χ2n) is 10.4. The number of fused-ring (bicyclic) bond motifs is 2. The van der Waals surface area contributed by atoms with Crippen LogP contribution in [-0.4, -0.2) is 37.8 Å². The fraction of sp³-hybridized carbons (Fsp3) is 0.370. The molecule has 0 saturated carbocycles. The third kappa shape index (κ3) is 4.84. The first kappa shape index (κ1) is 23.2. The van der Waals surface area contributed by atoms with Gasteiger partial charge in [-0.3, -0.25) is 18.9 Å². The van der Waals surface area contributed by atoms with Crippen LogP contribution in [0, 0.1) is 11.2 Å². The van der Waals surface area contributed by atoms with Crippen LogP contribution < -0.4 is 10.9 Å². The first-order valence-corrected chi connectivity index (χ1v) is 12.0. The first-order valence-electron chi connectivity index (χ1n) is 12.0. The number of carbonyl (C=O) groups is 1. The number of aromatic nitrogens is 3. The summed E-state index contributed by atoms with van der Waals surface area (Å²) in [6, 6.07) is 12.0. The van der Waals surface area contributed by atoms with Gasteiger partial charge in [-0.05, 0) is 62.1 Å². The van der Waals surface area contributed by atoms with Gasteiger partial charge in [-0.25, -0.2) is 9.37 Å². The summed E-state index contributed by atoms with van der Waals surface area (Å²) < 4.78 is 16.2. The summed E-state index contributed by atoms with van der Waals surface area (Å²) in [5.41, 5.74) is 2.65. The van der Waals surface area contributed by atoms with Gasteiger partial charge in [-0.1, -0.05) is 19.9 Å². The Morgan fingerprint density at radius 3 is 2.89 bits per heavy atom. The lowest BCUT2D eigenvalue weighted by Crippen LogP contribution is -2.43. The molecule has 1 saturated heterocycles. The zero-order valence-corrected chi connectivity index (χ0v) is 20.3. The van der Waals surface area contributed by atoms with Crippen LogP contribution in [0.1, 0.15) is 55.4 Å². The molecule has 1 amide bonds. The van der Waals surface area contributed by atoms with Gasteiger partial charge in [-0.2, -0.15) is 0 Å².